The molecule has 0 saturated carbocycles. The van der Waals surface area contributed by atoms with Gasteiger partial charge in [-0.15, -0.1) is 0 Å². The van der Waals surface area contributed by atoms with Crippen molar-refractivity contribution in [2.24, 2.45) is 0 Å². The van der Waals surface area contributed by atoms with Crippen molar-refractivity contribution in [1.29, 1.82) is 0 Å². The van der Waals surface area contributed by atoms with E-state index in [-0.39, 0.29) is 16.9 Å². The van der Waals surface area contributed by atoms with E-state index in [1.54, 1.807) is 0 Å². The van der Waals surface area contributed by atoms with Gasteiger partial charge in [-0.3, -0.25) is 4.98 Å². The quantitative estimate of drug-likeness (QED) is 0.792. The Labute approximate surface area is 82.3 Å². The van der Waals surface area contributed by atoms with Crippen LogP contribution >= 0.6 is 15.9 Å². The summed E-state index contributed by atoms with van der Waals surface area (Å²) in [5.74, 6) is 0. The second-order valence-corrected chi connectivity index (χ2v) is 2.98. The molecule has 0 saturated heterocycles. The van der Waals surface area contributed by atoms with Crippen molar-refractivity contribution < 1.29 is 8.78 Å². The summed E-state index contributed by atoms with van der Waals surface area (Å²) in [5, 5.41) is 0.332. The molecule has 0 spiro atoms. The fourth-order valence-electron chi connectivity index (χ4n) is 0.948. The Morgan fingerprint density at radius 2 is 2.08 bits per heavy atom. The van der Waals surface area contributed by atoms with Gasteiger partial charge in [0.1, 0.15) is 0 Å². The van der Waals surface area contributed by atoms with Crippen molar-refractivity contribution in [3.05, 3.63) is 17.5 Å². The maximum Gasteiger partial charge on any atom is 0.267 e. The lowest BCUT2D eigenvalue weighted by Gasteiger charge is -2.10. The van der Waals surface area contributed by atoms with Gasteiger partial charge in [0.15, 0.2) is 0 Å². The number of halogens is 3. The lowest BCUT2D eigenvalue weighted by molar-refractivity contribution is 0.153. The van der Waals surface area contributed by atoms with Gasteiger partial charge < -0.3 is 11.5 Å². The number of nitrogen functional groups attached to an aromatic ring is 2. The van der Waals surface area contributed by atoms with Crippen LogP contribution in [0.5, 0.6) is 0 Å². The number of aromatic nitrogens is 1. The van der Waals surface area contributed by atoms with E-state index >= 15 is 0 Å². The van der Waals surface area contributed by atoms with Crippen molar-refractivity contribution in [1.82, 2.24) is 4.98 Å². The first-order valence-corrected chi connectivity index (χ1v) is 4.57. The number of anilines is 2. The van der Waals surface area contributed by atoms with E-state index in [1.165, 1.54) is 6.20 Å². The maximum atomic E-state index is 12.4. The fraction of sp³-hybridized carbons (Fsp3) is 0.286. The molecule has 0 unspecified atom stereocenters. The van der Waals surface area contributed by atoms with Crippen LogP contribution in [0.25, 0.3) is 0 Å². The molecule has 1 heterocycles. The van der Waals surface area contributed by atoms with Crippen LogP contribution in [0.15, 0.2) is 6.20 Å². The number of pyridine rings is 1. The number of hydrogen-bond acceptors (Lipinski definition) is 3. The molecule has 3 nitrogen and oxygen atoms in total. The topological polar surface area (TPSA) is 64.9 Å². The summed E-state index contributed by atoms with van der Waals surface area (Å²) in [6, 6.07) is 0. The Kier molecular flexibility index (Phi) is 3.02. The van der Waals surface area contributed by atoms with Gasteiger partial charge in [-0.2, -0.15) is 0 Å². The maximum absolute atomic E-state index is 12.4. The summed E-state index contributed by atoms with van der Waals surface area (Å²) in [6.45, 7) is 0. The molecule has 0 aromatic carbocycles. The van der Waals surface area contributed by atoms with Gasteiger partial charge >= 0.3 is 0 Å². The van der Waals surface area contributed by atoms with Crippen LogP contribution in [-0.4, -0.2) is 4.98 Å². The van der Waals surface area contributed by atoms with Crippen molar-refractivity contribution in [2.45, 2.75) is 11.8 Å². The first kappa shape index (κ1) is 10.2. The lowest BCUT2D eigenvalue weighted by atomic mass is 10.1. The number of alkyl halides is 3. The molecule has 72 valence electrons. The van der Waals surface area contributed by atoms with Gasteiger partial charge in [0.2, 0.25) is 0 Å². The zero-order chi connectivity index (χ0) is 10.0. The minimum absolute atomic E-state index is 0.0353. The van der Waals surface area contributed by atoms with Crippen LogP contribution in [0.2, 0.25) is 0 Å². The average molecular weight is 252 g/mol. The van der Waals surface area contributed by atoms with Gasteiger partial charge in [-0.1, -0.05) is 15.9 Å². The summed E-state index contributed by atoms with van der Waals surface area (Å²) in [5.41, 5.74) is 10.7. The van der Waals surface area contributed by atoms with E-state index in [2.05, 4.69) is 20.9 Å². The molecule has 0 aliphatic rings. The fourth-order valence-corrected chi connectivity index (χ4v) is 1.39. The number of rotatable bonds is 2. The summed E-state index contributed by atoms with van der Waals surface area (Å²) in [6.07, 6.45) is -1.48. The molecular weight excluding hydrogens is 244 g/mol. The molecule has 0 fully saturated rings. The summed E-state index contributed by atoms with van der Waals surface area (Å²) < 4.78 is 24.8. The van der Waals surface area contributed by atoms with Gasteiger partial charge in [0, 0.05) is 5.33 Å². The first-order valence-electron chi connectivity index (χ1n) is 3.44. The standard InChI is InChI=1S/C7H8BrF2N3/c8-1-4-6(12)5(7(9)10)3(11)2-13-4/h2,7H,1,11-12H2. The molecule has 6 heteroatoms. The van der Waals surface area contributed by atoms with Crippen LogP contribution in [-0.2, 0) is 5.33 Å². The molecule has 1 aromatic rings. The third-order valence-corrected chi connectivity index (χ3v) is 2.15. The highest BCUT2D eigenvalue weighted by atomic mass is 79.9. The van der Waals surface area contributed by atoms with Gasteiger partial charge in [0.25, 0.3) is 6.43 Å². The molecule has 0 aliphatic carbocycles. The van der Waals surface area contributed by atoms with Gasteiger partial charge in [-0.05, 0) is 0 Å². The minimum Gasteiger partial charge on any atom is -0.397 e. The highest BCUT2D eigenvalue weighted by molar-refractivity contribution is 9.08. The average Bonchev–Trinajstić information content (AvgIpc) is 2.04. The predicted molar refractivity (Wildman–Crippen MR) is 50.6 cm³/mol. The summed E-state index contributed by atoms with van der Waals surface area (Å²) in [7, 11) is 0. The molecule has 13 heavy (non-hydrogen) atoms. The SMILES string of the molecule is Nc1cnc(CBr)c(N)c1C(F)F. The number of nitrogens with two attached hydrogens (primary N) is 2. The first-order chi connectivity index (χ1) is 6.07. The van der Waals surface area contributed by atoms with E-state index in [0.717, 1.165) is 0 Å². The monoisotopic (exact) mass is 251 g/mol. The van der Waals surface area contributed by atoms with Crippen LogP contribution in [0.1, 0.15) is 17.7 Å². The lowest BCUT2D eigenvalue weighted by Crippen LogP contribution is -2.05. The second kappa shape index (κ2) is 3.87. The molecule has 0 atom stereocenters. The minimum atomic E-state index is -2.67. The van der Waals surface area contributed by atoms with E-state index in [4.69, 9.17) is 11.5 Å². The van der Waals surface area contributed by atoms with Gasteiger partial charge in [0.05, 0.1) is 28.8 Å². The molecule has 0 amide bonds. The molecule has 0 aliphatic heterocycles. The van der Waals surface area contributed by atoms with E-state index in [9.17, 15) is 8.78 Å². The van der Waals surface area contributed by atoms with Crippen LogP contribution in [0.3, 0.4) is 0 Å². The van der Waals surface area contributed by atoms with E-state index in [1.807, 2.05) is 0 Å². The van der Waals surface area contributed by atoms with E-state index < -0.39 is 6.43 Å². The Balaban J connectivity index is 3.30. The number of nitrogens with zero attached hydrogens (tertiary/aromatic N) is 1. The molecule has 1 aromatic heterocycles. The highest BCUT2D eigenvalue weighted by Crippen LogP contribution is 2.32. The normalized spacial score (nSPS) is 10.8. The highest BCUT2D eigenvalue weighted by Gasteiger charge is 2.17. The summed E-state index contributed by atoms with van der Waals surface area (Å²) in [4.78, 5) is 3.81. The van der Waals surface area contributed by atoms with E-state index in [0.29, 0.717) is 11.0 Å². The molecule has 0 bridgehead atoms. The zero-order valence-corrected chi connectivity index (χ0v) is 8.18. The molecule has 1 rings (SSSR count). The third kappa shape index (κ3) is 1.88. The predicted octanol–water partition coefficient (Wildman–Crippen LogP) is 2.08. The van der Waals surface area contributed by atoms with Crippen molar-refractivity contribution in [3.63, 3.8) is 0 Å². The zero-order valence-electron chi connectivity index (χ0n) is 6.60. The van der Waals surface area contributed by atoms with Crippen LogP contribution < -0.4 is 11.5 Å². The summed E-state index contributed by atoms with van der Waals surface area (Å²) >= 11 is 3.09. The third-order valence-electron chi connectivity index (χ3n) is 1.62. The molecule has 0 radical (unpaired) electrons. The second-order valence-electron chi connectivity index (χ2n) is 2.42. The Hall–Kier alpha value is -0.910. The van der Waals surface area contributed by atoms with Crippen molar-refractivity contribution >= 4 is 27.3 Å². The van der Waals surface area contributed by atoms with Crippen molar-refractivity contribution in [3.8, 4) is 0 Å². The Bertz CT molecular complexity index is 317. The molecular formula is C7H8BrF2N3. The van der Waals surface area contributed by atoms with Crippen LogP contribution in [0, 0.1) is 0 Å². The molecule has 4 N–H and O–H groups in total. The number of hydrogen-bond donors (Lipinski definition) is 2. The Morgan fingerprint density at radius 1 is 1.46 bits per heavy atom. The van der Waals surface area contributed by atoms with Crippen LogP contribution in [0.4, 0.5) is 20.2 Å². The Morgan fingerprint density at radius 3 is 2.54 bits per heavy atom. The largest absolute Gasteiger partial charge is 0.397 e. The smallest absolute Gasteiger partial charge is 0.267 e. The van der Waals surface area contributed by atoms with Crippen molar-refractivity contribution in [2.75, 3.05) is 11.5 Å². The van der Waals surface area contributed by atoms with Gasteiger partial charge in [-0.25, -0.2) is 8.78 Å².